The van der Waals surface area contributed by atoms with E-state index in [1.165, 1.54) is 12.1 Å². The predicted molar refractivity (Wildman–Crippen MR) is 105 cm³/mol. The number of benzene rings is 2. The molecule has 2 aromatic carbocycles. The number of nitrogens with zero attached hydrogens (tertiary/aromatic N) is 4. The number of rotatable bonds is 6. The van der Waals surface area contributed by atoms with Gasteiger partial charge in [-0.2, -0.15) is 0 Å². The highest BCUT2D eigenvalue weighted by Gasteiger charge is 2.34. The van der Waals surface area contributed by atoms with Gasteiger partial charge in [0.15, 0.2) is 5.69 Å². The summed E-state index contributed by atoms with van der Waals surface area (Å²) in [5, 5.41) is 19.3. The topological polar surface area (TPSA) is 115 Å². The molecule has 1 aromatic heterocycles. The van der Waals surface area contributed by atoms with Gasteiger partial charge in [0.25, 0.3) is 11.6 Å². The van der Waals surface area contributed by atoms with Crippen LogP contribution in [0.3, 0.4) is 0 Å². The first-order chi connectivity index (χ1) is 13.5. The summed E-state index contributed by atoms with van der Waals surface area (Å²) in [4.78, 5) is 23.3. The standard InChI is InChI=1S/C18H15BrN6O3/c19-12-7-9-13(10-8-12)24-17(11-5-6-11)16(21-23-24)18(26)22-20-14-3-1-2-4-15(14)25(27)28/h1-4,7-11,20H,5-6H2,(H,22,26). The lowest BCUT2D eigenvalue weighted by molar-refractivity contribution is -0.384. The van der Waals surface area contributed by atoms with Gasteiger partial charge in [0, 0.05) is 16.5 Å². The first kappa shape index (κ1) is 18.1. The zero-order valence-electron chi connectivity index (χ0n) is 14.5. The van der Waals surface area contributed by atoms with Gasteiger partial charge in [-0.15, -0.1) is 5.10 Å². The Bertz CT molecular complexity index is 1050. The van der Waals surface area contributed by atoms with Crippen LogP contribution in [-0.2, 0) is 0 Å². The van der Waals surface area contributed by atoms with Crippen LogP contribution < -0.4 is 10.9 Å². The van der Waals surface area contributed by atoms with Crippen molar-refractivity contribution in [3.8, 4) is 5.69 Å². The molecule has 1 saturated carbocycles. The number of nitro groups is 1. The monoisotopic (exact) mass is 442 g/mol. The molecule has 28 heavy (non-hydrogen) atoms. The summed E-state index contributed by atoms with van der Waals surface area (Å²) in [6.07, 6.45) is 1.92. The van der Waals surface area contributed by atoms with Gasteiger partial charge >= 0.3 is 0 Å². The fourth-order valence-electron chi connectivity index (χ4n) is 2.87. The van der Waals surface area contributed by atoms with E-state index in [1.807, 2.05) is 24.3 Å². The fourth-order valence-corrected chi connectivity index (χ4v) is 3.13. The van der Waals surface area contributed by atoms with Gasteiger partial charge < -0.3 is 0 Å². The molecule has 0 bridgehead atoms. The van der Waals surface area contributed by atoms with E-state index >= 15 is 0 Å². The van der Waals surface area contributed by atoms with Gasteiger partial charge in [0.2, 0.25) is 0 Å². The Balaban J connectivity index is 1.59. The second-order valence-electron chi connectivity index (χ2n) is 6.34. The van der Waals surface area contributed by atoms with Gasteiger partial charge in [-0.25, -0.2) is 4.68 Å². The molecule has 142 valence electrons. The molecule has 4 rings (SSSR count). The highest BCUT2D eigenvalue weighted by molar-refractivity contribution is 9.10. The summed E-state index contributed by atoms with van der Waals surface area (Å²) in [6, 6.07) is 13.6. The third kappa shape index (κ3) is 3.58. The Labute approximate surface area is 168 Å². The van der Waals surface area contributed by atoms with E-state index in [1.54, 1.807) is 16.8 Å². The SMILES string of the molecule is O=C(NNc1ccccc1[N+](=O)[O-])c1nnn(-c2ccc(Br)cc2)c1C1CC1. The second kappa shape index (κ2) is 7.39. The number of para-hydroxylation sites is 2. The summed E-state index contributed by atoms with van der Waals surface area (Å²) in [6.45, 7) is 0. The molecular formula is C18H15BrN6O3. The van der Waals surface area contributed by atoms with Gasteiger partial charge in [-0.1, -0.05) is 33.3 Å². The first-order valence-corrected chi connectivity index (χ1v) is 9.35. The molecule has 2 N–H and O–H groups in total. The minimum absolute atomic E-state index is 0.135. The minimum Gasteiger partial charge on any atom is -0.292 e. The molecule has 0 aliphatic heterocycles. The summed E-state index contributed by atoms with van der Waals surface area (Å²) in [5.74, 6) is -0.283. The van der Waals surface area contributed by atoms with Crippen molar-refractivity contribution < 1.29 is 9.72 Å². The Morgan fingerprint density at radius 1 is 1.18 bits per heavy atom. The average molecular weight is 443 g/mol. The van der Waals surface area contributed by atoms with Crippen LogP contribution in [0.4, 0.5) is 11.4 Å². The number of aromatic nitrogens is 3. The normalized spacial score (nSPS) is 13.2. The Hall–Kier alpha value is -3.27. The number of nitro benzene ring substituents is 1. The molecule has 9 nitrogen and oxygen atoms in total. The van der Waals surface area contributed by atoms with Crippen LogP contribution in [-0.4, -0.2) is 25.8 Å². The molecule has 1 aliphatic carbocycles. The number of hydrogen-bond acceptors (Lipinski definition) is 6. The van der Waals surface area contributed by atoms with Crippen LogP contribution in [0.5, 0.6) is 0 Å². The largest absolute Gasteiger partial charge is 0.294 e. The first-order valence-electron chi connectivity index (χ1n) is 8.56. The van der Waals surface area contributed by atoms with E-state index in [0.29, 0.717) is 0 Å². The summed E-state index contributed by atoms with van der Waals surface area (Å²) in [5.41, 5.74) is 6.91. The summed E-state index contributed by atoms with van der Waals surface area (Å²) >= 11 is 3.40. The summed E-state index contributed by atoms with van der Waals surface area (Å²) in [7, 11) is 0. The zero-order chi connectivity index (χ0) is 19.7. The lowest BCUT2D eigenvalue weighted by atomic mass is 10.2. The lowest BCUT2D eigenvalue weighted by Gasteiger charge is -2.09. The molecule has 3 aromatic rings. The van der Waals surface area contributed by atoms with Crippen molar-refractivity contribution in [2.24, 2.45) is 0 Å². The second-order valence-corrected chi connectivity index (χ2v) is 7.25. The third-order valence-electron chi connectivity index (χ3n) is 4.37. The van der Waals surface area contributed by atoms with Crippen LogP contribution in [0, 0.1) is 10.1 Å². The van der Waals surface area contributed by atoms with E-state index in [-0.39, 0.29) is 23.0 Å². The maximum atomic E-state index is 12.7. The molecule has 0 unspecified atom stereocenters. The van der Waals surface area contributed by atoms with E-state index in [9.17, 15) is 14.9 Å². The van der Waals surface area contributed by atoms with Crippen LogP contribution in [0.15, 0.2) is 53.0 Å². The molecule has 1 aliphatic rings. The number of anilines is 1. The van der Waals surface area contributed by atoms with Crippen molar-refractivity contribution in [3.05, 3.63) is 74.5 Å². The minimum atomic E-state index is -0.520. The van der Waals surface area contributed by atoms with Crippen LogP contribution in [0.1, 0.15) is 34.9 Å². The molecule has 0 saturated heterocycles. The molecular weight excluding hydrogens is 428 g/mol. The number of halogens is 1. The number of hydrogen-bond donors (Lipinski definition) is 2. The zero-order valence-corrected chi connectivity index (χ0v) is 16.1. The van der Waals surface area contributed by atoms with E-state index in [2.05, 4.69) is 37.1 Å². The number of hydrazine groups is 1. The van der Waals surface area contributed by atoms with Crippen molar-refractivity contribution in [1.82, 2.24) is 20.4 Å². The molecule has 0 radical (unpaired) electrons. The quantitative estimate of drug-likeness (QED) is 0.445. The maximum absolute atomic E-state index is 12.7. The van der Waals surface area contributed by atoms with Crippen LogP contribution in [0.25, 0.3) is 5.69 Å². The van der Waals surface area contributed by atoms with Gasteiger partial charge in [-0.3, -0.25) is 25.8 Å². The van der Waals surface area contributed by atoms with Gasteiger partial charge in [0.1, 0.15) is 5.69 Å². The van der Waals surface area contributed by atoms with Crippen LogP contribution in [0.2, 0.25) is 0 Å². The number of carbonyl (C=O) groups is 1. The Kier molecular flexibility index (Phi) is 4.78. The van der Waals surface area contributed by atoms with Crippen LogP contribution >= 0.6 is 15.9 Å². The molecule has 10 heteroatoms. The van der Waals surface area contributed by atoms with Crippen molar-refractivity contribution in [2.45, 2.75) is 18.8 Å². The number of amides is 1. The van der Waals surface area contributed by atoms with E-state index in [0.717, 1.165) is 28.7 Å². The highest BCUT2D eigenvalue weighted by atomic mass is 79.9. The molecule has 1 heterocycles. The van der Waals surface area contributed by atoms with Crippen molar-refractivity contribution in [2.75, 3.05) is 5.43 Å². The van der Waals surface area contributed by atoms with Crippen molar-refractivity contribution >= 4 is 33.2 Å². The Morgan fingerprint density at radius 3 is 2.57 bits per heavy atom. The van der Waals surface area contributed by atoms with Gasteiger partial charge in [-0.05, 0) is 43.2 Å². The highest BCUT2D eigenvalue weighted by Crippen LogP contribution is 2.42. The fraction of sp³-hybridized carbons (Fsp3) is 0.167. The predicted octanol–water partition coefficient (Wildman–Crippen LogP) is 3.57. The smallest absolute Gasteiger partial charge is 0.292 e. The maximum Gasteiger partial charge on any atom is 0.294 e. The molecule has 1 fully saturated rings. The van der Waals surface area contributed by atoms with E-state index in [4.69, 9.17) is 0 Å². The lowest BCUT2D eigenvalue weighted by Crippen LogP contribution is -2.30. The summed E-state index contributed by atoms with van der Waals surface area (Å²) < 4.78 is 2.61. The van der Waals surface area contributed by atoms with E-state index < -0.39 is 10.8 Å². The average Bonchev–Trinajstić information content (AvgIpc) is 3.45. The van der Waals surface area contributed by atoms with Crippen molar-refractivity contribution in [3.63, 3.8) is 0 Å². The van der Waals surface area contributed by atoms with Crippen molar-refractivity contribution in [1.29, 1.82) is 0 Å². The Morgan fingerprint density at radius 2 is 1.89 bits per heavy atom. The third-order valence-corrected chi connectivity index (χ3v) is 4.90. The molecule has 0 spiro atoms. The number of carbonyl (C=O) groups excluding carboxylic acids is 1. The number of nitrogens with one attached hydrogen (secondary N) is 2. The molecule has 0 atom stereocenters. The van der Waals surface area contributed by atoms with Gasteiger partial charge in [0.05, 0.1) is 16.3 Å². The molecule has 1 amide bonds.